The molecule has 0 N–H and O–H groups in total. The molecule has 3 heteroatoms. The Morgan fingerprint density at radius 3 is 2.62 bits per heavy atom. The SMILES string of the molecule is COc1cncc(CCC(Cl)C(C)(C)C)c1. The van der Waals surface area contributed by atoms with Gasteiger partial charge in [-0.1, -0.05) is 20.8 Å². The number of methoxy groups -OCH3 is 1. The van der Waals surface area contributed by atoms with Crippen molar-refractivity contribution in [2.45, 2.75) is 39.0 Å². The average molecular weight is 242 g/mol. The molecule has 0 aliphatic heterocycles. The standard InChI is InChI=1S/C13H20ClNO/c1-13(2,3)12(14)6-5-10-7-11(16-4)9-15-8-10/h7-9,12H,5-6H2,1-4H3. The van der Waals surface area contributed by atoms with E-state index >= 15 is 0 Å². The van der Waals surface area contributed by atoms with Crippen LogP contribution in [0.2, 0.25) is 0 Å². The predicted octanol–water partition coefficient (Wildman–Crippen LogP) is 3.68. The van der Waals surface area contributed by atoms with E-state index in [1.807, 2.05) is 12.3 Å². The van der Waals surface area contributed by atoms with Gasteiger partial charge in [0.2, 0.25) is 0 Å². The van der Waals surface area contributed by atoms with Gasteiger partial charge >= 0.3 is 0 Å². The van der Waals surface area contributed by atoms with Crippen LogP contribution in [0.1, 0.15) is 32.8 Å². The molecule has 1 unspecified atom stereocenters. The van der Waals surface area contributed by atoms with Crippen LogP contribution in [0.3, 0.4) is 0 Å². The number of hydrogen-bond acceptors (Lipinski definition) is 2. The van der Waals surface area contributed by atoms with Crippen LogP contribution < -0.4 is 4.74 Å². The largest absolute Gasteiger partial charge is 0.495 e. The fourth-order valence-electron chi connectivity index (χ4n) is 1.44. The summed E-state index contributed by atoms with van der Waals surface area (Å²) in [6, 6.07) is 2.01. The highest BCUT2D eigenvalue weighted by Gasteiger charge is 2.21. The monoisotopic (exact) mass is 241 g/mol. The van der Waals surface area contributed by atoms with Gasteiger partial charge in [-0.3, -0.25) is 4.98 Å². The first kappa shape index (κ1) is 13.3. The molecule has 0 amide bonds. The molecule has 1 atom stereocenters. The minimum atomic E-state index is 0.147. The lowest BCUT2D eigenvalue weighted by Crippen LogP contribution is -2.21. The minimum Gasteiger partial charge on any atom is -0.495 e. The first-order valence-electron chi connectivity index (χ1n) is 5.55. The summed E-state index contributed by atoms with van der Waals surface area (Å²) in [5.41, 5.74) is 1.32. The molecule has 0 saturated heterocycles. The Bertz CT molecular complexity index is 333. The summed E-state index contributed by atoms with van der Waals surface area (Å²) >= 11 is 6.33. The molecule has 1 heterocycles. The number of nitrogens with zero attached hydrogens (tertiary/aromatic N) is 1. The molecule has 0 aromatic carbocycles. The molecule has 0 bridgehead atoms. The van der Waals surface area contributed by atoms with E-state index in [9.17, 15) is 0 Å². The van der Waals surface area contributed by atoms with Crippen molar-refractivity contribution in [3.8, 4) is 5.75 Å². The zero-order valence-corrected chi connectivity index (χ0v) is 11.2. The van der Waals surface area contributed by atoms with Gasteiger partial charge in [-0.2, -0.15) is 0 Å². The van der Waals surface area contributed by atoms with Crippen LogP contribution in [-0.4, -0.2) is 17.5 Å². The van der Waals surface area contributed by atoms with Crippen molar-refractivity contribution in [2.75, 3.05) is 7.11 Å². The highest BCUT2D eigenvalue weighted by molar-refractivity contribution is 6.21. The van der Waals surface area contributed by atoms with Crippen LogP contribution in [0.5, 0.6) is 5.75 Å². The Morgan fingerprint density at radius 1 is 1.38 bits per heavy atom. The molecule has 16 heavy (non-hydrogen) atoms. The van der Waals surface area contributed by atoms with Crippen molar-refractivity contribution < 1.29 is 4.74 Å². The Balaban J connectivity index is 2.54. The van der Waals surface area contributed by atoms with Crippen LogP contribution in [0.4, 0.5) is 0 Å². The van der Waals surface area contributed by atoms with Crippen LogP contribution in [-0.2, 0) is 6.42 Å². The van der Waals surface area contributed by atoms with E-state index in [0.29, 0.717) is 0 Å². The van der Waals surface area contributed by atoms with Gasteiger partial charge in [0, 0.05) is 11.6 Å². The average Bonchev–Trinajstić information content (AvgIpc) is 2.25. The molecule has 1 aromatic heterocycles. The first-order valence-corrected chi connectivity index (χ1v) is 5.99. The Labute approximate surface area is 103 Å². The number of aryl methyl sites for hydroxylation is 1. The van der Waals surface area contributed by atoms with Crippen LogP contribution >= 0.6 is 11.6 Å². The molecule has 0 spiro atoms. The fraction of sp³-hybridized carbons (Fsp3) is 0.615. The molecule has 0 aliphatic carbocycles. The molecular formula is C13H20ClNO. The van der Waals surface area contributed by atoms with E-state index in [2.05, 4.69) is 25.8 Å². The number of alkyl halides is 1. The van der Waals surface area contributed by atoms with Gasteiger partial charge in [0.25, 0.3) is 0 Å². The molecule has 1 rings (SSSR count). The Kier molecular flexibility index (Phi) is 4.60. The number of aromatic nitrogens is 1. The van der Waals surface area contributed by atoms with Crippen molar-refractivity contribution >= 4 is 11.6 Å². The second-order valence-electron chi connectivity index (χ2n) is 5.11. The number of hydrogen-bond donors (Lipinski definition) is 0. The molecule has 0 saturated carbocycles. The van der Waals surface area contributed by atoms with E-state index in [1.54, 1.807) is 13.3 Å². The van der Waals surface area contributed by atoms with Crippen molar-refractivity contribution in [3.05, 3.63) is 24.0 Å². The summed E-state index contributed by atoms with van der Waals surface area (Å²) in [5.74, 6) is 0.805. The van der Waals surface area contributed by atoms with Gasteiger partial charge in [-0.05, 0) is 29.9 Å². The predicted molar refractivity (Wildman–Crippen MR) is 68.2 cm³/mol. The Morgan fingerprint density at radius 2 is 2.06 bits per heavy atom. The van der Waals surface area contributed by atoms with E-state index < -0.39 is 0 Å². The van der Waals surface area contributed by atoms with Crippen molar-refractivity contribution in [2.24, 2.45) is 5.41 Å². The van der Waals surface area contributed by atoms with E-state index in [4.69, 9.17) is 16.3 Å². The van der Waals surface area contributed by atoms with Crippen molar-refractivity contribution in [1.29, 1.82) is 0 Å². The number of halogens is 1. The van der Waals surface area contributed by atoms with Gasteiger partial charge in [0.15, 0.2) is 0 Å². The zero-order valence-electron chi connectivity index (χ0n) is 10.5. The molecule has 90 valence electrons. The third-order valence-corrected chi connectivity index (χ3v) is 3.50. The second-order valence-corrected chi connectivity index (χ2v) is 5.63. The zero-order chi connectivity index (χ0) is 12.2. The van der Waals surface area contributed by atoms with E-state index in [-0.39, 0.29) is 10.8 Å². The van der Waals surface area contributed by atoms with Crippen molar-refractivity contribution in [3.63, 3.8) is 0 Å². The maximum atomic E-state index is 6.33. The summed E-state index contributed by atoms with van der Waals surface area (Å²) in [6.45, 7) is 6.48. The molecule has 2 nitrogen and oxygen atoms in total. The third kappa shape index (κ3) is 4.01. The maximum Gasteiger partial charge on any atom is 0.137 e. The quantitative estimate of drug-likeness (QED) is 0.751. The maximum absolute atomic E-state index is 6.33. The van der Waals surface area contributed by atoms with E-state index in [0.717, 1.165) is 18.6 Å². The number of ether oxygens (including phenoxy) is 1. The van der Waals surface area contributed by atoms with Gasteiger partial charge in [0.05, 0.1) is 13.3 Å². The molecule has 0 radical (unpaired) electrons. The second kappa shape index (κ2) is 5.53. The topological polar surface area (TPSA) is 22.1 Å². The molecule has 0 aliphatic rings. The molecular weight excluding hydrogens is 222 g/mol. The van der Waals surface area contributed by atoms with Gasteiger partial charge in [0.1, 0.15) is 5.75 Å². The lowest BCUT2D eigenvalue weighted by Gasteiger charge is -2.24. The fourth-order valence-corrected chi connectivity index (χ4v) is 1.55. The minimum absolute atomic E-state index is 0.147. The van der Waals surface area contributed by atoms with Gasteiger partial charge in [-0.15, -0.1) is 11.6 Å². The highest BCUT2D eigenvalue weighted by atomic mass is 35.5. The van der Waals surface area contributed by atoms with E-state index in [1.165, 1.54) is 5.56 Å². The molecule has 0 fully saturated rings. The Hall–Kier alpha value is -0.760. The molecule has 1 aromatic rings. The van der Waals surface area contributed by atoms with Crippen LogP contribution in [0.25, 0.3) is 0 Å². The van der Waals surface area contributed by atoms with Crippen molar-refractivity contribution in [1.82, 2.24) is 4.98 Å². The smallest absolute Gasteiger partial charge is 0.137 e. The summed E-state index contributed by atoms with van der Waals surface area (Å²) < 4.78 is 5.13. The van der Waals surface area contributed by atoms with Crippen LogP contribution in [0.15, 0.2) is 18.5 Å². The normalized spacial score (nSPS) is 13.6. The van der Waals surface area contributed by atoms with Gasteiger partial charge < -0.3 is 4.74 Å². The number of pyridine rings is 1. The number of rotatable bonds is 4. The summed E-state index contributed by atoms with van der Waals surface area (Å²) in [5, 5.41) is 0.179. The summed E-state index contributed by atoms with van der Waals surface area (Å²) in [4.78, 5) is 4.13. The highest BCUT2D eigenvalue weighted by Crippen LogP contribution is 2.28. The summed E-state index contributed by atoms with van der Waals surface area (Å²) in [6.07, 6.45) is 5.48. The third-order valence-electron chi connectivity index (χ3n) is 2.63. The lowest BCUT2D eigenvalue weighted by molar-refractivity contribution is 0.373. The summed E-state index contributed by atoms with van der Waals surface area (Å²) in [7, 11) is 1.65. The first-order chi connectivity index (χ1) is 7.43. The van der Waals surface area contributed by atoms with Crippen LogP contribution in [0, 0.1) is 5.41 Å². The lowest BCUT2D eigenvalue weighted by atomic mass is 9.88. The van der Waals surface area contributed by atoms with Gasteiger partial charge in [-0.25, -0.2) is 0 Å².